The maximum Gasteiger partial charge on any atom is 0.263 e. The lowest BCUT2D eigenvalue weighted by molar-refractivity contribution is 0.102. The molecule has 3 rings (SSSR count). The summed E-state index contributed by atoms with van der Waals surface area (Å²) in [4.78, 5) is 20.8. The molecule has 2 heterocycles. The molecule has 3 aromatic rings. The number of hydrogen-bond donors (Lipinski definition) is 2. The van der Waals surface area contributed by atoms with Crippen molar-refractivity contribution in [3.05, 3.63) is 69.8 Å². The largest absolute Gasteiger partial charge is 0.480 e. The lowest BCUT2D eigenvalue weighted by Gasteiger charge is -2.15. The number of nitrogens with zero attached hydrogens (tertiary/aromatic N) is 3. The van der Waals surface area contributed by atoms with E-state index in [0.29, 0.717) is 11.4 Å². The zero-order valence-electron chi connectivity index (χ0n) is 14.8. The maximum absolute atomic E-state index is 13.4. The Hall–Kier alpha value is -3.41. The number of hydrogen-bond acceptors (Lipinski definition) is 6. The molecule has 0 aliphatic carbocycles. The Bertz CT molecular complexity index is 1130. The van der Waals surface area contributed by atoms with Gasteiger partial charge in [0.2, 0.25) is 5.88 Å². The third kappa shape index (κ3) is 4.71. The van der Waals surface area contributed by atoms with Gasteiger partial charge in [0.15, 0.2) is 0 Å². The normalized spacial score (nSPS) is 10.2. The van der Waals surface area contributed by atoms with Crippen molar-refractivity contribution in [2.75, 3.05) is 17.7 Å². The first kappa shape index (κ1) is 20.3. The van der Waals surface area contributed by atoms with Crippen LogP contribution in [-0.2, 0) is 0 Å². The highest BCUT2D eigenvalue weighted by Gasteiger charge is 2.21. The van der Waals surface area contributed by atoms with Crippen LogP contribution in [0.15, 0.2) is 42.7 Å². The van der Waals surface area contributed by atoms with Crippen LogP contribution in [0.1, 0.15) is 15.9 Å². The number of pyridine rings is 2. The van der Waals surface area contributed by atoms with Crippen molar-refractivity contribution in [2.24, 2.45) is 0 Å². The Balaban J connectivity index is 2.00. The summed E-state index contributed by atoms with van der Waals surface area (Å²) >= 11 is 11.9. The Morgan fingerprint density at radius 3 is 2.69 bits per heavy atom. The summed E-state index contributed by atoms with van der Waals surface area (Å²) in [5, 5.41) is 14.6. The van der Waals surface area contributed by atoms with Gasteiger partial charge in [-0.3, -0.25) is 9.78 Å². The molecule has 0 saturated heterocycles. The summed E-state index contributed by atoms with van der Waals surface area (Å²) in [6.07, 6.45) is 2.76. The van der Waals surface area contributed by atoms with Gasteiger partial charge < -0.3 is 15.4 Å². The number of ether oxygens (including phenoxy) is 1. The van der Waals surface area contributed by atoms with Crippen molar-refractivity contribution >= 4 is 46.2 Å². The van der Waals surface area contributed by atoms with Crippen LogP contribution in [0.25, 0.3) is 0 Å². The number of anilines is 3. The lowest BCUT2D eigenvalue weighted by Crippen LogP contribution is -2.16. The molecule has 0 saturated carbocycles. The number of carbonyl (C=O) groups excluding carboxylic acids is 1. The lowest BCUT2D eigenvalue weighted by atomic mass is 10.1. The molecule has 0 unspecified atom stereocenters. The van der Waals surface area contributed by atoms with Crippen LogP contribution in [0.2, 0.25) is 10.2 Å². The number of rotatable bonds is 5. The predicted molar refractivity (Wildman–Crippen MR) is 107 cm³/mol. The van der Waals surface area contributed by atoms with Gasteiger partial charge in [0, 0.05) is 18.0 Å². The quantitative estimate of drug-likeness (QED) is 0.562. The van der Waals surface area contributed by atoms with E-state index in [1.807, 2.05) is 6.07 Å². The van der Waals surface area contributed by atoms with Crippen LogP contribution < -0.4 is 15.4 Å². The summed E-state index contributed by atoms with van der Waals surface area (Å²) in [5.41, 5.74) is 1.30. The van der Waals surface area contributed by atoms with Gasteiger partial charge >= 0.3 is 0 Å². The molecule has 0 spiro atoms. The molecule has 0 fully saturated rings. The third-order valence-corrected chi connectivity index (χ3v) is 4.18. The predicted octanol–water partition coefficient (Wildman–Crippen LogP) is 4.80. The van der Waals surface area contributed by atoms with Gasteiger partial charge in [-0.1, -0.05) is 23.2 Å². The Morgan fingerprint density at radius 1 is 1.21 bits per heavy atom. The maximum atomic E-state index is 13.4. The molecule has 146 valence electrons. The molecule has 0 bridgehead atoms. The van der Waals surface area contributed by atoms with Crippen molar-refractivity contribution in [2.45, 2.75) is 0 Å². The molecule has 0 aliphatic rings. The molecule has 1 aromatic carbocycles. The van der Waals surface area contributed by atoms with E-state index in [4.69, 9.17) is 33.2 Å². The topological polar surface area (TPSA) is 99.9 Å². The van der Waals surface area contributed by atoms with Crippen molar-refractivity contribution < 1.29 is 13.9 Å². The highest BCUT2D eigenvalue weighted by molar-refractivity contribution is 6.31. The number of methoxy groups -OCH3 is 1. The van der Waals surface area contributed by atoms with Crippen LogP contribution in [-0.4, -0.2) is 23.0 Å². The summed E-state index contributed by atoms with van der Waals surface area (Å²) in [5.74, 6) is -1.20. The van der Waals surface area contributed by atoms with E-state index in [9.17, 15) is 9.18 Å². The zero-order chi connectivity index (χ0) is 21.0. The van der Waals surface area contributed by atoms with Crippen molar-refractivity contribution in [3.8, 4) is 11.9 Å². The molecular weight excluding hydrogens is 420 g/mol. The first-order valence-corrected chi connectivity index (χ1v) is 8.80. The first-order valence-electron chi connectivity index (χ1n) is 8.04. The Kier molecular flexibility index (Phi) is 6.12. The van der Waals surface area contributed by atoms with E-state index in [1.165, 1.54) is 49.8 Å². The highest BCUT2D eigenvalue weighted by atomic mass is 35.5. The van der Waals surface area contributed by atoms with Crippen LogP contribution in [0, 0.1) is 17.1 Å². The number of carbonyl (C=O) groups is 1. The van der Waals surface area contributed by atoms with E-state index < -0.39 is 11.7 Å². The number of amides is 1. The molecule has 2 aromatic heterocycles. The molecule has 0 aliphatic heterocycles. The van der Waals surface area contributed by atoms with Crippen LogP contribution in [0.3, 0.4) is 0 Å². The first-order chi connectivity index (χ1) is 13.9. The van der Waals surface area contributed by atoms with Crippen LogP contribution >= 0.6 is 23.2 Å². The Labute approximate surface area is 175 Å². The molecular formula is C19H12Cl2FN5O2. The van der Waals surface area contributed by atoms with Crippen molar-refractivity contribution in [1.29, 1.82) is 5.26 Å². The SMILES string of the molecule is COc1nc(Cl)cc(Nc2ccc(F)c(Cl)c2)c1C(=O)Nc1cncc(C#N)c1. The second-order valence-electron chi connectivity index (χ2n) is 5.66. The minimum absolute atomic E-state index is 0.0323. The van der Waals surface area contributed by atoms with E-state index in [1.54, 1.807) is 0 Å². The molecule has 2 N–H and O–H groups in total. The number of nitrogens with one attached hydrogen (secondary N) is 2. The van der Waals surface area contributed by atoms with E-state index >= 15 is 0 Å². The standard InChI is InChI=1S/C19H12Cl2FN5O2/c1-29-19-17(18(28)26-12-4-10(7-23)8-24-9-12)15(6-16(21)27-19)25-11-2-3-14(22)13(20)5-11/h2-6,8-9H,1H3,(H,25,27)(H,26,28). The van der Waals surface area contributed by atoms with Crippen molar-refractivity contribution in [1.82, 2.24) is 9.97 Å². The van der Waals surface area contributed by atoms with Gasteiger partial charge in [0.1, 0.15) is 22.6 Å². The third-order valence-electron chi connectivity index (χ3n) is 3.70. The summed E-state index contributed by atoms with van der Waals surface area (Å²) in [7, 11) is 1.34. The monoisotopic (exact) mass is 431 g/mol. The fourth-order valence-electron chi connectivity index (χ4n) is 2.45. The van der Waals surface area contributed by atoms with E-state index in [-0.39, 0.29) is 32.9 Å². The zero-order valence-corrected chi connectivity index (χ0v) is 16.3. The highest BCUT2D eigenvalue weighted by Crippen LogP contribution is 2.32. The fourth-order valence-corrected chi connectivity index (χ4v) is 2.82. The van der Waals surface area contributed by atoms with Crippen LogP contribution in [0.4, 0.5) is 21.5 Å². The van der Waals surface area contributed by atoms with Gasteiger partial charge in [-0.25, -0.2) is 9.37 Å². The minimum atomic E-state index is -0.585. The minimum Gasteiger partial charge on any atom is -0.480 e. The van der Waals surface area contributed by atoms with E-state index in [2.05, 4.69) is 20.6 Å². The molecule has 29 heavy (non-hydrogen) atoms. The Morgan fingerprint density at radius 2 is 2.00 bits per heavy atom. The molecule has 0 atom stereocenters. The molecule has 1 amide bonds. The summed E-state index contributed by atoms with van der Waals surface area (Å²) in [6, 6.07) is 8.82. The molecule has 0 radical (unpaired) electrons. The second-order valence-corrected chi connectivity index (χ2v) is 6.45. The summed E-state index contributed by atoms with van der Waals surface area (Å²) < 4.78 is 18.6. The number of halogens is 3. The van der Waals surface area contributed by atoms with Gasteiger partial charge in [-0.15, -0.1) is 0 Å². The smallest absolute Gasteiger partial charge is 0.263 e. The number of benzene rings is 1. The fraction of sp³-hybridized carbons (Fsp3) is 0.0526. The molecule has 10 heteroatoms. The average Bonchev–Trinajstić information content (AvgIpc) is 2.70. The van der Waals surface area contributed by atoms with Gasteiger partial charge in [-0.2, -0.15) is 5.26 Å². The number of nitriles is 1. The van der Waals surface area contributed by atoms with Gasteiger partial charge in [0.25, 0.3) is 5.91 Å². The van der Waals surface area contributed by atoms with Crippen LogP contribution in [0.5, 0.6) is 5.88 Å². The molecule has 7 nitrogen and oxygen atoms in total. The van der Waals surface area contributed by atoms with E-state index in [0.717, 1.165) is 0 Å². The van der Waals surface area contributed by atoms with Gasteiger partial charge in [0.05, 0.1) is 35.3 Å². The summed E-state index contributed by atoms with van der Waals surface area (Å²) in [6.45, 7) is 0. The second kappa shape index (κ2) is 8.73. The van der Waals surface area contributed by atoms with Gasteiger partial charge in [-0.05, 0) is 24.3 Å². The average molecular weight is 432 g/mol. The number of aromatic nitrogens is 2. The van der Waals surface area contributed by atoms with Crippen molar-refractivity contribution in [3.63, 3.8) is 0 Å².